The maximum absolute atomic E-state index is 13.0. The summed E-state index contributed by atoms with van der Waals surface area (Å²) in [7, 11) is -3.88. The first-order valence-electron chi connectivity index (χ1n) is 10.6. The van der Waals surface area contributed by atoms with Gasteiger partial charge in [-0.25, -0.2) is 18.4 Å². The van der Waals surface area contributed by atoms with Crippen LogP contribution in [0.1, 0.15) is 24.1 Å². The van der Waals surface area contributed by atoms with Crippen molar-refractivity contribution in [3.63, 3.8) is 0 Å². The molecule has 0 spiro atoms. The smallest absolute Gasteiger partial charge is 0.349 e. The number of nitrogens with zero attached hydrogens (tertiary/aromatic N) is 3. The van der Waals surface area contributed by atoms with Crippen molar-refractivity contribution in [2.45, 2.75) is 36.5 Å². The molecule has 1 aliphatic heterocycles. The molecule has 0 saturated carbocycles. The molecule has 35 heavy (non-hydrogen) atoms. The van der Waals surface area contributed by atoms with Crippen molar-refractivity contribution in [2.75, 3.05) is 6.54 Å². The number of rotatable bonds is 6. The molecule has 7 nitrogen and oxygen atoms in total. The van der Waals surface area contributed by atoms with Crippen molar-refractivity contribution in [1.29, 1.82) is 0 Å². The monoisotopic (exact) mass is 524 g/mol. The van der Waals surface area contributed by atoms with Crippen molar-refractivity contribution in [3.05, 3.63) is 77.2 Å². The van der Waals surface area contributed by atoms with Gasteiger partial charge >= 0.3 is 6.18 Å². The molecule has 0 radical (unpaired) electrons. The molecule has 184 valence electrons. The van der Waals surface area contributed by atoms with Gasteiger partial charge in [0, 0.05) is 17.1 Å². The van der Waals surface area contributed by atoms with Gasteiger partial charge in [-0.15, -0.1) is 0 Å². The molecule has 1 N–H and O–H groups in total. The van der Waals surface area contributed by atoms with Gasteiger partial charge in [0.2, 0.25) is 15.9 Å². The lowest BCUT2D eigenvalue weighted by Crippen LogP contribution is -2.45. The molecule has 1 saturated heterocycles. The number of benzene rings is 2. The number of hydrogen-bond donors (Lipinski definition) is 1. The predicted octanol–water partition coefficient (Wildman–Crippen LogP) is 4.29. The SMILES string of the molecule is O=C(NCc1cc(-c2ccc(C(F)(F)F)cc2)ncn1)C1CCCN1S(=O)(=O)c1ccc(Cl)cc1. The second-order valence-electron chi connectivity index (χ2n) is 7.92. The maximum atomic E-state index is 13.0. The molecule has 4 rings (SSSR count). The Morgan fingerprint density at radius 3 is 2.43 bits per heavy atom. The predicted molar refractivity (Wildman–Crippen MR) is 123 cm³/mol. The van der Waals surface area contributed by atoms with Crippen molar-refractivity contribution in [3.8, 4) is 11.3 Å². The number of amides is 1. The third-order valence-corrected chi connectivity index (χ3v) is 7.78. The lowest BCUT2D eigenvalue weighted by molar-refractivity contribution is -0.137. The Morgan fingerprint density at radius 2 is 1.77 bits per heavy atom. The first-order chi connectivity index (χ1) is 16.6. The summed E-state index contributed by atoms with van der Waals surface area (Å²) in [6, 6.07) is 11.0. The number of alkyl halides is 3. The van der Waals surface area contributed by atoms with Gasteiger partial charge in [0.1, 0.15) is 12.4 Å². The molecule has 1 fully saturated rings. The van der Waals surface area contributed by atoms with Crippen molar-refractivity contribution in [2.24, 2.45) is 0 Å². The zero-order chi connectivity index (χ0) is 25.2. The highest BCUT2D eigenvalue weighted by atomic mass is 35.5. The van der Waals surface area contributed by atoms with E-state index in [1.54, 1.807) is 6.07 Å². The fourth-order valence-corrected chi connectivity index (χ4v) is 5.59. The Hall–Kier alpha value is -3.02. The van der Waals surface area contributed by atoms with E-state index in [-0.39, 0.29) is 18.0 Å². The zero-order valence-corrected chi connectivity index (χ0v) is 19.7. The Morgan fingerprint density at radius 1 is 1.09 bits per heavy atom. The van der Waals surface area contributed by atoms with E-state index in [1.807, 2.05) is 0 Å². The van der Waals surface area contributed by atoms with E-state index in [0.717, 1.165) is 12.1 Å². The van der Waals surface area contributed by atoms with E-state index in [0.29, 0.717) is 34.8 Å². The summed E-state index contributed by atoms with van der Waals surface area (Å²) in [5.74, 6) is -0.463. The van der Waals surface area contributed by atoms with Gasteiger partial charge in [-0.3, -0.25) is 4.79 Å². The van der Waals surface area contributed by atoms with E-state index in [2.05, 4.69) is 15.3 Å². The van der Waals surface area contributed by atoms with Crippen LogP contribution in [-0.2, 0) is 27.5 Å². The lowest BCUT2D eigenvalue weighted by atomic mass is 10.1. The molecular weight excluding hydrogens is 505 g/mol. The van der Waals surface area contributed by atoms with Crippen molar-refractivity contribution in [1.82, 2.24) is 19.6 Å². The van der Waals surface area contributed by atoms with Gasteiger partial charge in [0.25, 0.3) is 0 Å². The number of sulfonamides is 1. The number of halogens is 4. The fourth-order valence-electron chi connectivity index (χ4n) is 3.81. The first kappa shape index (κ1) is 25.1. The standard InChI is InChI=1S/C23H20ClF3N4O3S/c24-17-7-9-19(10-8-17)35(33,34)31-11-1-2-21(31)22(32)28-13-18-12-20(30-14-29-18)15-3-5-16(6-4-15)23(25,26)27/h3-10,12,14,21H,1-2,11,13H2,(H,28,32). The van der Waals surface area contributed by atoms with Crippen LogP contribution >= 0.6 is 11.6 Å². The van der Waals surface area contributed by atoms with E-state index in [4.69, 9.17) is 11.6 Å². The highest BCUT2D eigenvalue weighted by Gasteiger charge is 2.39. The first-order valence-corrected chi connectivity index (χ1v) is 12.4. The minimum Gasteiger partial charge on any atom is -0.349 e. The number of nitrogens with one attached hydrogen (secondary N) is 1. The molecule has 0 bridgehead atoms. The van der Waals surface area contributed by atoms with E-state index in [1.165, 1.54) is 47.0 Å². The number of carbonyl (C=O) groups excluding carboxylic acids is 1. The molecule has 12 heteroatoms. The Kier molecular flexibility index (Phi) is 7.11. The van der Waals surface area contributed by atoms with Crippen LogP contribution in [0.3, 0.4) is 0 Å². The quantitative estimate of drug-likeness (QED) is 0.519. The van der Waals surface area contributed by atoms with Crippen LogP contribution in [0.2, 0.25) is 5.02 Å². The second kappa shape index (κ2) is 9.92. The molecule has 0 aliphatic carbocycles. The normalized spacial score (nSPS) is 16.9. The fraction of sp³-hybridized carbons (Fsp3) is 0.261. The molecule has 1 amide bonds. The minimum absolute atomic E-state index is 0.000318. The molecule has 1 unspecified atom stereocenters. The highest BCUT2D eigenvalue weighted by Crippen LogP contribution is 2.31. The van der Waals surface area contributed by atoms with Crippen LogP contribution < -0.4 is 5.32 Å². The lowest BCUT2D eigenvalue weighted by Gasteiger charge is -2.23. The average Bonchev–Trinajstić information content (AvgIpc) is 3.34. The minimum atomic E-state index is -4.44. The molecule has 3 aromatic rings. The van der Waals surface area contributed by atoms with Crippen LogP contribution in [0.5, 0.6) is 0 Å². The van der Waals surface area contributed by atoms with Crippen molar-refractivity contribution < 1.29 is 26.4 Å². The Labute approximate surface area is 205 Å². The van der Waals surface area contributed by atoms with Gasteiger partial charge in [-0.1, -0.05) is 23.7 Å². The maximum Gasteiger partial charge on any atom is 0.416 e. The third kappa shape index (κ3) is 5.63. The second-order valence-corrected chi connectivity index (χ2v) is 10.2. The summed E-state index contributed by atoms with van der Waals surface area (Å²) in [4.78, 5) is 21.1. The van der Waals surface area contributed by atoms with Crippen LogP contribution in [0.15, 0.2) is 65.8 Å². The average molecular weight is 525 g/mol. The van der Waals surface area contributed by atoms with Crippen LogP contribution in [-0.4, -0.2) is 41.2 Å². The molecule has 2 heterocycles. The topological polar surface area (TPSA) is 92.3 Å². The largest absolute Gasteiger partial charge is 0.416 e. The summed E-state index contributed by atoms with van der Waals surface area (Å²) in [6.45, 7) is 0.217. The number of aromatic nitrogens is 2. The number of hydrogen-bond acceptors (Lipinski definition) is 5. The summed E-state index contributed by atoms with van der Waals surface area (Å²) >= 11 is 5.85. The summed E-state index contributed by atoms with van der Waals surface area (Å²) in [5.41, 5.74) is 0.514. The number of carbonyl (C=O) groups is 1. The van der Waals surface area contributed by atoms with Gasteiger partial charge in [-0.05, 0) is 55.3 Å². The molecule has 1 aromatic heterocycles. The summed E-state index contributed by atoms with van der Waals surface area (Å²) in [5, 5.41) is 3.11. The van der Waals surface area contributed by atoms with E-state index >= 15 is 0 Å². The van der Waals surface area contributed by atoms with Gasteiger partial charge < -0.3 is 5.32 Å². The summed E-state index contributed by atoms with van der Waals surface area (Å²) in [6.07, 6.45) is -2.27. The van der Waals surface area contributed by atoms with E-state index in [9.17, 15) is 26.4 Å². The van der Waals surface area contributed by atoms with Gasteiger partial charge in [0.05, 0.1) is 28.4 Å². The molecule has 1 aliphatic rings. The van der Waals surface area contributed by atoms with Crippen LogP contribution in [0.4, 0.5) is 13.2 Å². The Balaban J connectivity index is 1.44. The molecule has 2 aromatic carbocycles. The molecule has 1 atom stereocenters. The molecular formula is C23H20ClF3N4O3S. The van der Waals surface area contributed by atoms with Crippen LogP contribution in [0, 0.1) is 0 Å². The highest BCUT2D eigenvalue weighted by molar-refractivity contribution is 7.89. The van der Waals surface area contributed by atoms with Gasteiger partial charge in [-0.2, -0.15) is 17.5 Å². The third-order valence-electron chi connectivity index (χ3n) is 5.60. The Bertz CT molecular complexity index is 1320. The van der Waals surface area contributed by atoms with Gasteiger partial charge in [0.15, 0.2) is 0 Å². The van der Waals surface area contributed by atoms with E-state index < -0.39 is 33.7 Å². The van der Waals surface area contributed by atoms with Crippen molar-refractivity contribution >= 4 is 27.5 Å². The van der Waals surface area contributed by atoms with Crippen LogP contribution in [0.25, 0.3) is 11.3 Å². The summed E-state index contributed by atoms with van der Waals surface area (Å²) < 4.78 is 65.6. The zero-order valence-electron chi connectivity index (χ0n) is 18.2.